The van der Waals surface area contributed by atoms with Crippen LogP contribution in [0.1, 0.15) is 20.8 Å². The number of nitrogens with zero attached hydrogens (tertiary/aromatic N) is 1. The Bertz CT molecular complexity index is 320. The second-order valence-corrected chi connectivity index (χ2v) is 5.10. The van der Waals surface area contributed by atoms with Crippen molar-refractivity contribution in [3.63, 3.8) is 0 Å². The van der Waals surface area contributed by atoms with Crippen LogP contribution in [0.25, 0.3) is 0 Å². The van der Waals surface area contributed by atoms with E-state index in [1.807, 2.05) is 0 Å². The van der Waals surface area contributed by atoms with E-state index in [1.165, 1.54) is 7.11 Å². The molecule has 106 valence electrons. The highest BCUT2D eigenvalue weighted by atomic mass is 31.2. The number of oxime groups is 1. The molecule has 8 heteroatoms. The second kappa shape index (κ2) is 9.08. The molecule has 0 aliphatic carbocycles. The fraction of sp³-hybridized carbons (Fsp3) is 0.800. The monoisotopic (exact) mass is 281 g/mol. The molecule has 0 aliphatic heterocycles. The molecule has 0 aromatic heterocycles. The summed E-state index contributed by atoms with van der Waals surface area (Å²) in [6.07, 6.45) is -0.276. The van der Waals surface area contributed by atoms with E-state index in [4.69, 9.17) is 13.8 Å². The summed E-state index contributed by atoms with van der Waals surface area (Å²) in [6, 6.07) is 0. The number of ether oxygens (including phenoxy) is 1. The molecule has 0 fully saturated rings. The molecule has 0 aromatic rings. The maximum atomic E-state index is 12.2. The first-order chi connectivity index (χ1) is 8.52. The number of hydrogen-bond acceptors (Lipinski definition) is 7. The van der Waals surface area contributed by atoms with E-state index in [-0.39, 0.29) is 31.7 Å². The molecule has 0 radical (unpaired) electrons. The highest BCUT2D eigenvalue weighted by Crippen LogP contribution is 2.48. The van der Waals surface area contributed by atoms with Gasteiger partial charge in [-0.15, -0.1) is 0 Å². The van der Waals surface area contributed by atoms with Crippen molar-refractivity contribution in [2.45, 2.75) is 20.8 Å². The van der Waals surface area contributed by atoms with E-state index >= 15 is 0 Å². The average molecular weight is 281 g/mol. The van der Waals surface area contributed by atoms with Crippen molar-refractivity contribution in [1.29, 1.82) is 0 Å². The lowest BCUT2D eigenvalue weighted by Gasteiger charge is -2.16. The van der Waals surface area contributed by atoms with E-state index < -0.39 is 13.6 Å². The van der Waals surface area contributed by atoms with Crippen molar-refractivity contribution < 1.29 is 28.0 Å². The quantitative estimate of drug-likeness (QED) is 0.277. The smallest absolute Gasteiger partial charge is 0.356 e. The van der Waals surface area contributed by atoms with E-state index in [9.17, 15) is 9.36 Å². The van der Waals surface area contributed by atoms with Gasteiger partial charge in [-0.2, -0.15) is 0 Å². The minimum Gasteiger partial charge on any atom is -0.461 e. The number of hydrogen-bond donors (Lipinski definition) is 0. The van der Waals surface area contributed by atoms with Crippen LogP contribution < -0.4 is 0 Å². The normalized spacial score (nSPS) is 12.3. The number of carbonyl (C=O) groups is 1. The lowest BCUT2D eigenvalue weighted by molar-refractivity contribution is -0.135. The molecular weight excluding hydrogens is 261 g/mol. The molecule has 0 aliphatic rings. The van der Waals surface area contributed by atoms with Gasteiger partial charge in [0.2, 0.25) is 0 Å². The SMILES string of the molecule is CCOC(=O)C(CP(=O)(OCC)OCC)=NOC. The Labute approximate surface area is 107 Å². The van der Waals surface area contributed by atoms with Crippen molar-refractivity contribution in [3.8, 4) is 0 Å². The van der Waals surface area contributed by atoms with Crippen LogP contribution in [0.5, 0.6) is 0 Å². The summed E-state index contributed by atoms with van der Waals surface area (Å²) in [5, 5.41) is 3.50. The summed E-state index contributed by atoms with van der Waals surface area (Å²) < 4.78 is 27.1. The van der Waals surface area contributed by atoms with Gasteiger partial charge in [0.05, 0.1) is 19.8 Å². The van der Waals surface area contributed by atoms with Crippen LogP contribution in [0.2, 0.25) is 0 Å². The third kappa shape index (κ3) is 6.14. The predicted molar refractivity (Wildman–Crippen MR) is 66.8 cm³/mol. The van der Waals surface area contributed by atoms with Gasteiger partial charge < -0.3 is 18.6 Å². The molecule has 0 rings (SSSR count). The predicted octanol–water partition coefficient (Wildman–Crippen LogP) is 1.82. The van der Waals surface area contributed by atoms with Gasteiger partial charge in [-0.05, 0) is 20.8 Å². The zero-order valence-electron chi connectivity index (χ0n) is 11.2. The van der Waals surface area contributed by atoms with Gasteiger partial charge in [0.15, 0.2) is 5.71 Å². The fourth-order valence-corrected chi connectivity index (χ4v) is 2.76. The maximum Gasteiger partial charge on any atom is 0.356 e. The van der Waals surface area contributed by atoms with Crippen LogP contribution in [-0.4, -0.2) is 44.8 Å². The Morgan fingerprint density at radius 1 is 1.11 bits per heavy atom. The Morgan fingerprint density at radius 2 is 1.67 bits per heavy atom. The van der Waals surface area contributed by atoms with E-state index in [0.29, 0.717) is 0 Å². The highest BCUT2D eigenvalue weighted by Gasteiger charge is 2.30. The van der Waals surface area contributed by atoms with Gasteiger partial charge in [0, 0.05) is 0 Å². The Kier molecular flexibility index (Phi) is 8.62. The lowest BCUT2D eigenvalue weighted by atomic mass is 10.4. The molecule has 0 saturated heterocycles. The Hall–Kier alpha value is -0.910. The minimum absolute atomic E-state index is 0.121. The van der Waals surface area contributed by atoms with Crippen molar-refractivity contribution in [2.75, 3.05) is 33.1 Å². The number of carbonyl (C=O) groups excluding carboxylic acids is 1. The topological polar surface area (TPSA) is 83.4 Å². The molecule has 7 nitrogen and oxygen atoms in total. The highest BCUT2D eigenvalue weighted by molar-refractivity contribution is 7.55. The molecule has 0 atom stereocenters. The molecular formula is C10H20NO6P. The van der Waals surface area contributed by atoms with Gasteiger partial charge in [0.1, 0.15) is 13.3 Å². The number of rotatable bonds is 9. The maximum absolute atomic E-state index is 12.2. The van der Waals surface area contributed by atoms with Crippen LogP contribution in [0.4, 0.5) is 0 Å². The zero-order chi connectivity index (χ0) is 14.0. The molecule has 0 heterocycles. The van der Waals surface area contributed by atoms with E-state index in [1.54, 1.807) is 20.8 Å². The first kappa shape index (κ1) is 17.1. The van der Waals surface area contributed by atoms with Crippen LogP contribution in [0.15, 0.2) is 5.16 Å². The summed E-state index contributed by atoms with van der Waals surface area (Å²) in [5.41, 5.74) is -0.121. The van der Waals surface area contributed by atoms with Crippen molar-refractivity contribution in [2.24, 2.45) is 5.16 Å². The largest absolute Gasteiger partial charge is 0.461 e. The van der Waals surface area contributed by atoms with Gasteiger partial charge >= 0.3 is 13.6 Å². The van der Waals surface area contributed by atoms with Crippen LogP contribution in [-0.2, 0) is 28.0 Å². The molecule has 0 unspecified atom stereocenters. The fourth-order valence-electron chi connectivity index (χ4n) is 1.16. The minimum atomic E-state index is -3.39. The van der Waals surface area contributed by atoms with Crippen molar-refractivity contribution in [3.05, 3.63) is 0 Å². The summed E-state index contributed by atoms with van der Waals surface area (Å²) in [4.78, 5) is 16.1. The molecule has 0 spiro atoms. The summed E-state index contributed by atoms with van der Waals surface area (Å²) in [5.74, 6) is -0.695. The molecule has 0 saturated carbocycles. The average Bonchev–Trinajstić information content (AvgIpc) is 2.29. The first-order valence-corrected chi connectivity index (χ1v) is 7.41. The standard InChI is InChI=1S/C10H20NO6P/c1-5-15-10(12)9(11-14-4)8-18(13,16-6-2)17-7-3/h5-8H2,1-4H3. The summed E-state index contributed by atoms with van der Waals surface area (Å²) >= 11 is 0. The van der Waals surface area contributed by atoms with Crippen molar-refractivity contribution >= 4 is 19.3 Å². The van der Waals surface area contributed by atoms with Gasteiger partial charge in [0.25, 0.3) is 0 Å². The Morgan fingerprint density at radius 3 is 2.06 bits per heavy atom. The van der Waals surface area contributed by atoms with E-state index in [2.05, 4.69) is 9.99 Å². The van der Waals surface area contributed by atoms with Crippen molar-refractivity contribution in [1.82, 2.24) is 0 Å². The number of esters is 1. The van der Waals surface area contributed by atoms with Gasteiger partial charge in [-0.25, -0.2) is 4.79 Å². The molecule has 0 bridgehead atoms. The first-order valence-electron chi connectivity index (χ1n) is 5.68. The summed E-state index contributed by atoms with van der Waals surface area (Å²) in [7, 11) is -2.11. The zero-order valence-corrected chi connectivity index (χ0v) is 12.1. The Balaban J connectivity index is 4.88. The molecule has 0 aromatic carbocycles. The van der Waals surface area contributed by atoms with Crippen LogP contribution in [0, 0.1) is 0 Å². The lowest BCUT2D eigenvalue weighted by Crippen LogP contribution is -2.23. The molecule has 0 N–H and O–H groups in total. The van der Waals surface area contributed by atoms with Crippen LogP contribution in [0.3, 0.4) is 0 Å². The molecule has 18 heavy (non-hydrogen) atoms. The van der Waals surface area contributed by atoms with Gasteiger partial charge in [-0.1, -0.05) is 5.16 Å². The second-order valence-electron chi connectivity index (χ2n) is 3.05. The van der Waals surface area contributed by atoms with E-state index in [0.717, 1.165) is 0 Å². The van der Waals surface area contributed by atoms with Crippen LogP contribution >= 0.6 is 7.60 Å². The third-order valence-corrected chi connectivity index (χ3v) is 3.70. The molecule has 0 amide bonds. The summed E-state index contributed by atoms with van der Waals surface area (Å²) in [6.45, 7) is 5.63. The van der Waals surface area contributed by atoms with Gasteiger partial charge in [-0.3, -0.25) is 4.57 Å². The third-order valence-electron chi connectivity index (χ3n) is 1.71.